The summed E-state index contributed by atoms with van der Waals surface area (Å²) >= 11 is 0. The van der Waals surface area contributed by atoms with E-state index in [1.54, 1.807) is 0 Å². The molecule has 1 aliphatic rings. The van der Waals surface area contributed by atoms with Crippen LogP contribution in [0.4, 0.5) is 22.7 Å². The molecular weight excluding hydrogens is 717 g/mol. The Bertz CT molecular complexity index is 3040. The van der Waals surface area contributed by atoms with Gasteiger partial charge in [0.1, 0.15) is 6.07 Å². The zero-order chi connectivity index (χ0) is 39.5. The van der Waals surface area contributed by atoms with Crippen molar-refractivity contribution in [2.45, 2.75) is 12.8 Å². The predicted molar refractivity (Wildman–Crippen MR) is 248 cm³/mol. The van der Waals surface area contributed by atoms with Crippen LogP contribution in [0.25, 0.3) is 66.4 Å². The van der Waals surface area contributed by atoms with Crippen molar-refractivity contribution in [2.75, 3.05) is 10.6 Å². The smallest absolute Gasteiger partial charge is 0.101 e. The number of aromatic nitrogens is 1. The van der Waals surface area contributed by atoms with Crippen molar-refractivity contribution >= 4 is 50.1 Å². The molecule has 2 N–H and O–H groups in total. The van der Waals surface area contributed by atoms with E-state index in [2.05, 4.69) is 197 Å². The van der Waals surface area contributed by atoms with Crippen LogP contribution in [0.1, 0.15) is 24.0 Å². The zero-order valence-electron chi connectivity index (χ0n) is 32.4. The lowest BCUT2D eigenvalue weighted by atomic mass is 9.87. The van der Waals surface area contributed by atoms with Crippen LogP contribution in [-0.4, -0.2) is 4.57 Å². The maximum absolute atomic E-state index is 11.6. The number of nitriles is 1. The van der Waals surface area contributed by atoms with Gasteiger partial charge in [0.15, 0.2) is 0 Å². The molecule has 59 heavy (non-hydrogen) atoms. The molecule has 0 saturated carbocycles. The maximum Gasteiger partial charge on any atom is 0.101 e. The molecule has 1 aliphatic carbocycles. The Hall–Kier alpha value is -7.87. The first-order valence-corrected chi connectivity index (χ1v) is 20.2. The van der Waals surface area contributed by atoms with E-state index in [9.17, 15) is 5.26 Å². The van der Waals surface area contributed by atoms with Gasteiger partial charge in [-0.1, -0.05) is 182 Å². The van der Waals surface area contributed by atoms with Crippen molar-refractivity contribution in [3.05, 3.63) is 217 Å². The standard InChI is InChI=1S/C55H40N4/c56-37-46-51(40-25-9-3-10-26-40)53(57-47-33-17-13-29-42(47)38-21-5-1-6-22-38)55(59-49-35-19-15-31-44(49)45-32-16-20-36-50(45)59)54(52(46)41-27-11-4-12-28-41)58-48-34-18-14-30-43(48)39-23-7-2-8-24-39/h1,3-7,9-36,57-58H,2,8H2. The Morgan fingerprint density at radius 3 is 1.44 bits per heavy atom. The highest BCUT2D eigenvalue weighted by atomic mass is 15.1. The Kier molecular flexibility index (Phi) is 9.38. The van der Waals surface area contributed by atoms with Crippen molar-refractivity contribution in [2.24, 2.45) is 0 Å². The molecule has 0 fully saturated rings. The van der Waals surface area contributed by atoms with Crippen LogP contribution in [-0.2, 0) is 0 Å². The maximum atomic E-state index is 11.6. The molecule has 0 saturated heterocycles. The molecule has 0 amide bonds. The fraction of sp³-hybridized carbons (Fsp3) is 0.0364. The molecule has 0 spiro atoms. The lowest BCUT2D eigenvalue weighted by molar-refractivity contribution is 1.04. The van der Waals surface area contributed by atoms with Crippen LogP contribution in [0.2, 0.25) is 0 Å². The number of rotatable bonds is 9. The van der Waals surface area contributed by atoms with Gasteiger partial charge in [-0.3, -0.25) is 0 Å². The van der Waals surface area contributed by atoms with Crippen molar-refractivity contribution in [1.29, 1.82) is 5.26 Å². The first-order chi connectivity index (χ1) is 29.3. The van der Waals surface area contributed by atoms with E-state index < -0.39 is 0 Å². The number of para-hydroxylation sites is 4. The molecule has 9 aromatic rings. The van der Waals surface area contributed by atoms with Gasteiger partial charge in [-0.25, -0.2) is 0 Å². The van der Waals surface area contributed by atoms with Crippen LogP contribution in [0, 0.1) is 11.3 Å². The first kappa shape index (κ1) is 35.5. The SMILES string of the molecule is N#Cc1c(-c2ccccc2)c(Nc2ccccc2C2=CCCC=C2)c(-n2c3ccccc3c3ccccc32)c(Nc2ccccc2-c2ccccc2)c1-c1ccccc1. The quantitative estimate of drug-likeness (QED) is 0.154. The monoisotopic (exact) mass is 756 g/mol. The second-order valence-corrected chi connectivity index (χ2v) is 14.8. The number of hydrogen-bond donors (Lipinski definition) is 2. The average molecular weight is 757 g/mol. The van der Waals surface area contributed by atoms with Gasteiger partial charge in [0.2, 0.25) is 0 Å². The minimum atomic E-state index is 0.573. The molecule has 0 aliphatic heterocycles. The van der Waals surface area contributed by atoms with Crippen LogP contribution in [0.5, 0.6) is 0 Å². The molecule has 4 heteroatoms. The number of anilines is 4. The van der Waals surface area contributed by atoms with Crippen molar-refractivity contribution < 1.29 is 0 Å². The second kappa shape index (κ2) is 15.6. The number of nitrogens with zero attached hydrogens (tertiary/aromatic N) is 2. The lowest BCUT2D eigenvalue weighted by Crippen LogP contribution is -2.11. The van der Waals surface area contributed by atoms with E-state index in [-0.39, 0.29) is 0 Å². The van der Waals surface area contributed by atoms with Gasteiger partial charge in [-0.05, 0) is 59.4 Å². The fourth-order valence-corrected chi connectivity index (χ4v) is 8.65. The Balaban J connectivity index is 1.41. The van der Waals surface area contributed by atoms with E-state index in [1.807, 2.05) is 30.3 Å². The molecule has 280 valence electrons. The molecule has 1 aromatic heterocycles. The molecule has 0 atom stereocenters. The molecule has 4 nitrogen and oxygen atoms in total. The van der Waals surface area contributed by atoms with Crippen LogP contribution in [0.3, 0.4) is 0 Å². The summed E-state index contributed by atoms with van der Waals surface area (Å²) in [5.41, 5.74) is 15.1. The largest absolute Gasteiger partial charge is 0.353 e. The summed E-state index contributed by atoms with van der Waals surface area (Å²) in [7, 11) is 0. The molecule has 0 bridgehead atoms. The number of benzene rings is 8. The molecule has 1 heterocycles. The van der Waals surface area contributed by atoms with E-state index in [1.165, 1.54) is 5.57 Å². The lowest BCUT2D eigenvalue weighted by Gasteiger charge is -2.29. The predicted octanol–water partition coefficient (Wildman–Crippen LogP) is 14.9. The summed E-state index contributed by atoms with van der Waals surface area (Å²) in [6, 6.07) is 68.2. The molecule has 0 radical (unpaired) electrons. The van der Waals surface area contributed by atoms with Crippen LogP contribution in [0.15, 0.2) is 206 Å². The van der Waals surface area contributed by atoms with Gasteiger partial charge < -0.3 is 15.2 Å². The summed E-state index contributed by atoms with van der Waals surface area (Å²) in [5.74, 6) is 0. The van der Waals surface area contributed by atoms with Gasteiger partial charge in [-0.2, -0.15) is 5.26 Å². The van der Waals surface area contributed by atoms with Crippen LogP contribution < -0.4 is 10.6 Å². The third-order valence-corrected chi connectivity index (χ3v) is 11.3. The Labute approximate surface area is 344 Å². The minimum Gasteiger partial charge on any atom is -0.353 e. The highest BCUT2D eigenvalue weighted by Gasteiger charge is 2.30. The number of fused-ring (bicyclic) bond motifs is 3. The van der Waals surface area contributed by atoms with Gasteiger partial charge in [0.05, 0.1) is 33.7 Å². The summed E-state index contributed by atoms with van der Waals surface area (Å²) < 4.78 is 2.39. The number of hydrogen-bond acceptors (Lipinski definition) is 3. The van der Waals surface area contributed by atoms with Gasteiger partial charge >= 0.3 is 0 Å². The molecule has 8 aromatic carbocycles. The molecule has 10 rings (SSSR count). The number of nitrogens with one attached hydrogen (secondary N) is 2. The Morgan fingerprint density at radius 2 is 0.915 bits per heavy atom. The van der Waals surface area contributed by atoms with E-state index >= 15 is 0 Å². The Morgan fingerprint density at radius 1 is 0.458 bits per heavy atom. The summed E-state index contributed by atoms with van der Waals surface area (Å²) in [6.07, 6.45) is 8.81. The summed E-state index contributed by atoms with van der Waals surface area (Å²) in [5, 5.41) is 22.0. The summed E-state index contributed by atoms with van der Waals surface area (Å²) in [4.78, 5) is 0. The van der Waals surface area contributed by atoms with E-state index in [0.29, 0.717) is 5.56 Å². The fourth-order valence-electron chi connectivity index (χ4n) is 8.65. The first-order valence-electron chi connectivity index (χ1n) is 20.2. The molecule has 0 unspecified atom stereocenters. The highest BCUT2D eigenvalue weighted by Crippen LogP contribution is 2.52. The van der Waals surface area contributed by atoms with E-state index in [0.717, 1.165) is 102 Å². The number of allylic oxidation sites excluding steroid dienone is 4. The second-order valence-electron chi connectivity index (χ2n) is 14.8. The average Bonchev–Trinajstić information content (AvgIpc) is 3.64. The normalized spacial score (nSPS) is 12.3. The highest BCUT2D eigenvalue weighted by molar-refractivity contribution is 6.13. The van der Waals surface area contributed by atoms with Gasteiger partial charge in [0, 0.05) is 44.4 Å². The van der Waals surface area contributed by atoms with Crippen molar-refractivity contribution in [3.63, 3.8) is 0 Å². The molecular formula is C55H40N4. The topological polar surface area (TPSA) is 52.8 Å². The van der Waals surface area contributed by atoms with Gasteiger partial charge in [0.25, 0.3) is 0 Å². The van der Waals surface area contributed by atoms with Crippen molar-refractivity contribution in [3.8, 4) is 45.1 Å². The third-order valence-electron chi connectivity index (χ3n) is 11.3. The van der Waals surface area contributed by atoms with Crippen LogP contribution >= 0.6 is 0 Å². The van der Waals surface area contributed by atoms with E-state index in [4.69, 9.17) is 0 Å². The van der Waals surface area contributed by atoms with Crippen molar-refractivity contribution in [1.82, 2.24) is 4.57 Å². The minimum absolute atomic E-state index is 0.573. The summed E-state index contributed by atoms with van der Waals surface area (Å²) in [6.45, 7) is 0. The third kappa shape index (κ3) is 6.45. The van der Waals surface area contributed by atoms with Gasteiger partial charge in [-0.15, -0.1) is 0 Å². The zero-order valence-corrected chi connectivity index (χ0v) is 32.4.